The molecule has 17 nitrogen and oxygen atoms in total. The topological polar surface area (TPSA) is 243 Å². The van der Waals surface area contributed by atoms with Gasteiger partial charge in [0.05, 0.1) is 24.9 Å². The number of ketones is 1. The van der Waals surface area contributed by atoms with Crippen LogP contribution in [0.15, 0.2) is 0 Å². The summed E-state index contributed by atoms with van der Waals surface area (Å²) in [6.45, 7) is 9.59. The minimum atomic E-state index is -1.62. The fraction of sp³-hybridized carbons (Fsp3) is 0.907. The van der Waals surface area contributed by atoms with Crippen LogP contribution in [0.1, 0.15) is 118 Å². The van der Waals surface area contributed by atoms with Crippen molar-refractivity contribution >= 4 is 23.5 Å². The van der Waals surface area contributed by atoms with Crippen LogP contribution in [-0.2, 0) is 42.9 Å². The number of rotatable bonds is 19. The molecule has 0 spiro atoms. The number of aliphatic hydroxyl groups is 5. The molecule has 5 aliphatic rings. The molecule has 6 unspecified atom stereocenters. The van der Waals surface area contributed by atoms with Crippen LogP contribution < -0.4 is 10.6 Å². The first-order valence-electron chi connectivity index (χ1n) is 22.6. The van der Waals surface area contributed by atoms with E-state index in [0.29, 0.717) is 51.7 Å². The van der Waals surface area contributed by atoms with Gasteiger partial charge in [-0.2, -0.15) is 0 Å². The van der Waals surface area contributed by atoms with E-state index in [0.717, 1.165) is 38.5 Å². The van der Waals surface area contributed by atoms with Crippen LogP contribution in [-0.4, -0.2) is 160 Å². The molecular formula is C43H73N3O14. The van der Waals surface area contributed by atoms with Crippen LogP contribution >= 0.6 is 0 Å². The van der Waals surface area contributed by atoms with E-state index in [2.05, 4.69) is 10.6 Å². The second-order valence-electron chi connectivity index (χ2n) is 18.3. The number of aliphatic hydroxyl groups excluding tert-OH is 5. The van der Waals surface area contributed by atoms with Crippen LogP contribution in [0.5, 0.6) is 0 Å². The van der Waals surface area contributed by atoms with E-state index in [9.17, 15) is 44.7 Å². The van der Waals surface area contributed by atoms with E-state index in [4.69, 9.17) is 23.7 Å². The highest BCUT2D eigenvalue weighted by Gasteiger charge is 2.53. The summed E-state index contributed by atoms with van der Waals surface area (Å²) in [5.41, 5.74) is 0. The zero-order valence-electron chi connectivity index (χ0n) is 36.2. The Bertz CT molecular complexity index is 1400. The second-order valence-corrected chi connectivity index (χ2v) is 18.3. The lowest BCUT2D eigenvalue weighted by atomic mass is 9.74. The highest BCUT2D eigenvalue weighted by atomic mass is 16.7. The molecule has 0 bridgehead atoms. The predicted octanol–water partition coefficient (Wildman–Crippen LogP) is 1.07. The largest absolute Gasteiger partial charge is 0.394 e. The average molecular weight is 856 g/mol. The minimum absolute atomic E-state index is 0.0392. The van der Waals surface area contributed by atoms with Gasteiger partial charge < -0.3 is 64.8 Å². The second kappa shape index (κ2) is 22.9. The average Bonchev–Trinajstić information content (AvgIpc) is 3.19. The molecule has 3 heterocycles. The Morgan fingerprint density at radius 1 is 0.867 bits per heavy atom. The number of nitrogens with zero attached hydrogens (tertiary/aromatic N) is 1. The lowest BCUT2D eigenvalue weighted by Gasteiger charge is -2.49. The molecule has 5 rings (SSSR count). The van der Waals surface area contributed by atoms with Gasteiger partial charge in [0.1, 0.15) is 54.6 Å². The Kier molecular flexibility index (Phi) is 18.6. The summed E-state index contributed by atoms with van der Waals surface area (Å²) < 4.78 is 32.0. The Morgan fingerprint density at radius 3 is 2.20 bits per heavy atom. The Balaban J connectivity index is 1.42. The highest BCUT2D eigenvalue weighted by Crippen LogP contribution is 2.40. The van der Waals surface area contributed by atoms with Gasteiger partial charge >= 0.3 is 0 Å². The molecule has 0 radical (unpaired) electrons. The quantitative estimate of drug-likeness (QED) is 0.0900. The first-order valence-corrected chi connectivity index (χ1v) is 22.6. The van der Waals surface area contributed by atoms with E-state index in [-0.39, 0.29) is 48.2 Å². The van der Waals surface area contributed by atoms with Crippen molar-refractivity contribution in [1.82, 2.24) is 15.5 Å². The monoisotopic (exact) mass is 856 g/mol. The van der Waals surface area contributed by atoms with Crippen LogP contribution in [0, 0.1) is 23.7 Å². The number of likely N-dealkylation sites (tertiary alicyclic amines) is 1. The number of amides is 3. The molecule has 3 aliphatic heterocycles. The van der Waals surface area contributed by atoms with Crippen molar-refractivity contribution in [3.63, 3.8) is 0 Å². The standard InChI is InChI=1S/C43H73N3O14/c1-6-27-20-28(29(49)14-10-15-44-33(50)18-23(2)3)21-30(39(27)60-43-38(54)37(53)35(51)24(4)56-43)58-42-34(45-25(5)48)40(36(52)32(22-47)59-42)57-31(41(55)46-16-11-17-46)19-26-12-8-7-9-13-26/h23-24,26-28,30-32,34-40,42-43,47,51-54H,6-22H2,1-5H3,(H,44,50)(H,45,48)/t24?,27-,28?,30-,31+,32+,34?,35-,36+,37+,38?,39?,40?,42-,43+/m1/s1. The van der Waals surface area contributed by atoms with Gasteiger partial charge in [-0.1, -0.05) is 59.3 Å². The molecule has 15 atom stereocenters. The normalized spacial score (nSPS) is 37.0. The highest BCUT2D eigenvalue weighted by molar-refractivity contribution is 5.82. The Hall–Kier alpha value is -2.32. The fourth-order valence-electron chi connectivity index (χ4n) is 9.50. The summed E-state index contributed by atoms with van der Waals surface area (Å²) in [4.78, 5) is 54.6. The molecule has 7 N–H and O–H groups in total. The van der Waals surface area contributed by atoms with Gasteiger partial charge in [-0.15, -0.1) is 0 Å². The maximum atomic E-state index is 13.9. The molecule has 3 saturated heterocycles. The van der Waals surface area contributed by atoms with Crippen molar-refractivity contribution in [3.8, 4) is 0 Å². The first-order chi connectivity index (χ1) is 28.6. The molecule has 2 saturated carbocycles. The van der Waals surface area contributed by atoms with Crippen molar-refractivity contribution in [1.29, 1.82) is 0 Å². The third-order valence-corrected chi connectivity index (χ3v) is 13.1. The zero-order valence-corrected chi connectivity index (χ0v) is 36.2. The number of hydrogen-bond donors (Lipinski definition) is 7. The molecule has 60 heavy (non-hydrogen) atoms. The molecule has 0 aromatic heterocycles. The molecule has 0 aromatic carbocycles. The van der Waals surface area contributed by atoms with E-state index in [1.165, 1.54) is 6.92 Å². The number of nitrogens with one attached hydrogen (secondary N) is 2. The molecule has 344 valence electrons. The van der Waals surface area contributed by atoms with Crippen molar-refractivity contribution < 1.29 is 68.4 Å². The van der Waals surface area contributed by atoms with E-state index in [1.54, 1.807) is 11.8 Å². The molecule has 3 amide bonds. The van der Waals surface area contributed by atoms with Crippen molar-refractivity contribution in [2.24, 2.45) is 23.7 Å². The van der Waals surface area contributed by atoms with Gasteiger partial charge in [-0.3, -0.25) is 19.2 Å². The summed E-state index contributed by atoms with van der Waals surface area (Å²) in [5, 5.41) is 60.0. The number of Topliss-reactive ketones (excluding diaryl/α,β-unsaturated/α-hetero) is 1. The molecular weight excluding hydrogens is 782 g/mol. The SMILES string of the molecule is CC[C@@H]1CC(C(=O)CCCNC(=O)CC(C)C)C[C@@H](O[C@@H]2O[C@@H](CO)[C@H](O)C(O[C@@H](CC3CCCCC3)C(=O)N3CCC3)C2NC(C)=O)C1O[C@@H]1OC(C)[C@@H](O)[C@H](O)C1O. The van der Waals surface area contributed by atoms with Gasteiger partial charge in [0.25, 0.3) is 5.91 Å². The van der Waals surface area contributed by atoms with E-state index < -0.39 is 98.1 Å². The summed E-state index contributed by atoms with van der Waals surface area (Å²) in [5.74, 6) is -1.21. The van der Waals surface area contributed by atoms with Crippen LogP contribution in [0.2, 0.25) is 0 Å². The maximum Gasteiger partial charge on any atom is 0.251 e. The number of hydrogen-bond acceptors (Lipinski definition) is 14. The minimum Gasteiger partial charge on any atom is -0.394 e. The molecule has 2 aliphatic carbocycles. The summed E-state index contributed by atoms with van der Waals surface area (Å²) >= 11 is 0. The number of carbonyl (C=O) groups excluding carboxylic acids is 4. The van der Waals surface area contributed by atoms with E-state index >= 15 is 0 Å². The number of carbonyl (C=O) groups is 4. The number of ether oxygens (including phenoxy) is 5. The Labute approximate surface area is 354 Å². The summed E-state index contributed by atoms with van der Waals surface area (Å²) in [6, 6.07) is -1.18. The third kappa shape index (κ3) is 12.7. The lowest BCUT2D eigenvalue weighted by molar-refractivity contribution is -0.338. The van der Waals surface area contributed by atoms with Gasteiger partial charge in [-0.05, 0) is 56.8 Å². The van der Waals surface area contributed by atoms with Crippen LogP contribution in [0.3, 0.4) is 0 Å². The third-order valence-electron chi connectivity index (χ3n) is 13.1. The fourth-order valence-corrected chi connectivity index (χ4v) is 9.50. The molecule has 5 fully saturated rings. The van der Waals surface area contributed by atoms with Crippen LogP contribution in [0.25, 0.3) is 0 Å². The van der Waals surface area contributed by atoms with Gasteiger partial charge in [0.2, 0.25) is 11.8 Å². The molecule has 17 heteroatoms. The smallest absolute Gasteiger partial charge is 0.251 e. The van der Waals surface area contributed by atoms with Crippen LogP contribution in [0.4, 0.5) is 0 Å². The van der Waals surface area contributed by atoms with Crippen molar-refractivity contribution in [2.75, 3.05) is 26.2 Å². The van der Waals surface area contributed by atoms with Gasteiger partial charge in [0, 0.05) is 45.3 Å². The van der Waals surface area contributed by atoms with Crippen molar-refractivity contribution in [2.45, 2.75) is 198 Å². The first kappa shape index (κ1) is 48.7. The summed E-state index contributed by atoms with van der Waals surface area (Å²) in [7, 11) is 0. The Morgan fingerprint density at radius 2 is 1.58 bits per heavy atom. The predicted molar refractivity (Wildman–Crippen MR) is 216 cm³/mol. The molecule has 0 aromatic rings. The van der Waals surface area contributed by atoms with Crippen molar-refractivity contribution in [3.05, 3.63) is 0 Å². The maximum absolute atomic E-state index is 13.9. The lowest BCUT2D eigenvalue weighted by Crippen LogP contribution is -2.67. The van der Waals surface area contributed by atoms with Gasteiger partial charge in [0.15, 0.2) is 12.6 Å². The van der Waals surface area contributed by atoms with E-state index in [1.807, 2.05) is 20.8 Å². The summed E-state index contributed by atoms with van der Waals surface area (Å²) in [6.07, 6.45) is -6.40. The zero-order chi connectivity index (χ0) is 43.7. The van der Waals surface area contributed by atoms with Gasteiger partial charge in [-0.25, -0.2) is 0 Å².